The second-order valence-electron chi connectivity index (χ2n) is 6.10. The predicted octanol–water partition coefficient (Wildman–Crippen LogP) is 5.96. The van der Waals surface area contributed by atoms with Crippen LogP contribution in [-0.2, 0) is 0 Å². The maximum absolute atomic E-state index is 12.7. The molecule has 0 fully saturated rings. The van der Waals surface area contributed by atoms with E-state index in [0.717, 1.165) is 32.1 Å². The minimum atomic E-state index is -0.153. The van der Waals surface area contributed by atoms with E-state index >= 15 is 0 Å². The van der Waals surface area contributed by atoms with Crippen molar-refractivity contribution in [2.24, 2.45) is 0 Å². The van der Waals surface area contributed by atoms with Crippen LogP contribution >= 0.6 is 23.1 Å². The van der Waals surface area contributed by atoms with Crippen LogP contribution in [0.15, 0.2) is 58.9 Å². The Hall–Kier alpha value is -2.31. The molecular weight excluding hydrogens is 376 g/mol. The minimum Gasteiger partial charge on any atom is -0.491 e. The van der Waals surface area contributed by atoms with Gasteiger partial charge in [-0.3, -0.25) is 4.79 Å². The number of aromatic nitrogens is 1. The van der Waals surface area contributed by atoms with E-state index in [2.05, 4.69) is 12.2 Å². The topological polar surface area (TPSA) is 51.2 Å². The first-order chi connectivity index (χ1) is 13.1. The number of rotatable bonds is 7. The first-order valence-electron chi connectivity index (χ1n) is 8.84. The van der Waals surface area contributed by atoms with Crippen molar-refractivity contribution in [2.45, 2.75) is 31.2 Å². The van der Waals surface area contributed by atoms with Gasteiger partial charge in [0.2, 0.25) is 0 Å². The molecule has 0 aliphatic heterocycles. The molecule has 0 aliphatic rings. The van der Waals surface area contributed by atoms with E-state index in [4.69, 9.17) is 9.72 Å². The van der Waals surface area contributed by atoms with Crippen molar-refractivity contribution < 1.29 is 9.53 Å². The SMILES string of the molecule is CCSc1nc(-c2ccccc2)c(NC(=O)c2ccc(OC(C)C)cc2)s1. The van der Waals surface area contributed by atoms with Gasteiger partial charge >= 0.3 is 0 Å². The third-order valence-corrected chi connectivity index (χ3v) is 5.63. The molecule has 0 saturated carbocycles. The summed E-state index contributed by atoms with van der Waals surface area (Å²) in [5.41, 5.74) is 2.39. The molecule has 0 saturated heterocycles. The molecule has 0 aliphatic carbocycles. The van der Waals surface area contributed by atoms with E-state index in [1.54, 1.807) is 23.9 Å². The smallest absolute Gasteiger partial charge is 0.256 e. The van der Waals surface area contributed by atoms with Gasteiger partial charge in [-0.25, -0.2) is 4.98 Å². The number of hydrogen-bond donors (Lipinski definition) is 1. The summed E-state index contributed by atoms with van der Waals surface area (Å²) in [6.07, 6.45) is 0.102. The molecule has 3 aromatic rings. The third kappa shape index (κ3) is 5.11. The number of amides is 1. The van der Waals surface area contributed by atoms with Crippen LogP contribution in [0.3, 0.4) is 0 Å². The van der Waals surface area contributed by atoms with Crippen molar-refractivity contribution in [2.75, 3.05) is 11.1 Å². The van der Waals surface area contributed by atoms with Gasteiger partial charge in [0.25, 0.3) is 5.91 Å². The zero-order valence-corrected chi connectivity index (χ0v) is 17.2. The molecule has 1 heterocycles. The van der Waals surface area contributed by atoms with Gasteiger partial charge < -0.3 is 10.1 Å². The minimum absolute atomic E-state index is 0.102. The van der Waals surface area contributed by atoms with E-state index in [-0.39, 0.29) is 12.0 Å². The van der Waals surface area contributed by atoms with Gasteiger partial charge in [0.05, 0.1) is 6.10 Å². The number of nitrogens with zero attached hydrogens (tertiary/aromatic N) is 1. The molecule has 0 bridgehead atoms. The molecule has 3 rings (SSSR count). The first kappa shape index (κ1) is 19.5. The maximum atomic E-state index is 12.7. The lowest BCUT2D eigenvalue weighted by Gasteiger charge is -2.10. The Morgan fingerprint density at radius 1 is 1.15 bits per heavy atom. The summed E-state index contributed by atoms with van der Waals surface area (Å²) in [5, 5.41) is 3.80. The van der Waals surface area contributed by atoms with Crippen molar-refractivity contribution in [1.29, 1.82) is 0 Å². The second kappa shape index (κ2) is 9.06. The van der Waals surface area contributed by atoms with Crippen molar-refractivity contribution >= 4 is 34.0 Å². The zero-order valence-electron chi connectivity index (χ0n) is 15.6. The second-order valence-corrected chi connectivity index (χ2v) is 8.61. The van der Waals surface area contributed by atoms with Crippen LogP contribution in [0.1, 0.15) is 31.1 Å². The number of thioether (sulfide) groups is 1. The van der Waals surface area contributed by atoms with Crippen LogP contribution in [0.25, 0.3) is 11.3 Å². The molecule has 6 heteroatoms. The zero-order chi connectivity index (χ0) is 19.2. The molecule has 0 radical (unpaired) electrons. The molecule has 1 amide bonds. The van der Waals surface area contributed by atoms with Crippen LogP contribution in [0.5, 0.6) is 5.75 Å². The maximum Gasteiger partial charge on any atom is 0.256 e. The van der Waals surface area contributed by atoms with Gasteiger partial charge in [0.1, 0.15) is 16.4 Å². The number of carbonyl (C=O) groups excluding carboxylic acids is 1. The van der Waals surface area contributed by atoms with Gasteiger partial charge in [-0.05, 0) is 43.9 Å². The fraction of sp³-hybridized carbons (Fsp3) is 0.238. The van der Waals surface area contributed by atoms with E-state index in [1.165, 1.54) is 11.3 Å². The fourth-order valence-corrected chi connectivity index (χ4v) is 4.45. The van der Waals surface area contributed by atoms with Gasteiger partial charge in [0, 0.05) is 11.1 Å². The van der Waals surface area contributed by atoms with Gasteiger partial charge in [-0.15, -0.1) is 0 Å². The van der Waals surface area contributed by atoms with Crippen LogP contribution in [0.4, 0.5) is 5.00 Å². The summed E-state index contributed by atoms with van der Waals surface area (Å²) in [5.74, 6) is 1.54. The molecule has 140 valence electrons. The lowest BCUT2D eigenvalue weighted by molar-refractivity contribution is 0.102. The van der Waals surface area contributed by atoms with Crippen LogP contribution in [0.2, 0.25) is 0 Å². The number of benzene rings is 2. The standard InChI is InChI=1S/C21H22N2O2S2/c1-4-26-21-22-18(15-8-6-5-7-9-15)20(27-21)23-19(24)16-10-12-17(13-11-16)25-14(2)3/h5-14H,4H2,1-3H3,(H,23,24). The summed E-state index contributed by atoms with van der Waals surface area (Å²) >= 11 is 3.18. The molecule has 1 aromatic heterocycles. The lowest BCUT2D eigenvalue weighted by atomic mass is 10.1. The average Bonchev–Trinajstić information content (AvgIpc) is 3.05. The monoisotopic (exact) mass is 398 g/mol. The van der Waals surface area contributed by atoms with Crippen LogP contribution in [-0.4, -0.2) is 22.7 Å². The van der Waals surface area contributed by atoms with Gasteiger partial charge in [-0.1, -0.05) is 60.4 Å². The van der Waals surface area contributed by atoms with E-state index in [0.29, 0.717) is 5.56 Å². The number of ether oxygens (including phenoxy) is 1. The summed E-state index contributed by atoms with van der Waals surface area (Å²) in [6, 6.07) is 17.1. The molecule has 1 N–H and O–H groups in total. The lowest BCUT2D eigenvalue weighted by Crippen LogP contribution is -2.12. The van der Waals surface area contributed by atoms with Crippen LogP contribution in [0, 0.1) is 0 Å². The third-order valence-electron chi connectivity index (χ3n) is 3.64. The quantitative estimate of drug-likeness (QED) is 0.499. The number of thiazole rings is 1. The number of anilines is 1. The average molecular weight is 399 g/mol. The molecule has 2 aromatic carbocycles. The number of carbonyl (C=O) groups is 1. The Bertz CT molecular complexity index is 890. The van der Waals surface area contributed by atoms with Crippen LogP contribution < -0.4 is 10.1 Å². The highest BCUT2D eigenvalue weighted by molar-refractivity contribution is 8.01. The molecule has 0 spiro atoms. The molecule has 27 heavy (non-hydrogen) atoms. The highest BCUT2D eigenvalue weighted by Crippen LogP contribution is 2.37. The summed E-state index contributed by atoms with van der Waals surface area (Å²) < 4.78 is 6.58. The van der Waals surface area contributed by atoms with Crippen molar-refractivity contribution in [3.63, 3.8) is 0 Å². The van der Waals surface area contributed by atoms with Gasteiger partial charge in [0.15, 0.2) is 4.34 Å². The normalized spacial score (nSPS) is 10.8. The summed E-state index contributed by atoms with van der Waals surface area (Å²) in [7, 11) is 0. The number of nitrogens with one attached hydrogen (secondary N) is 1. The highest BCUT2D eigenvalue weighted by Gasteiger charge is 2.16. The number of hydrogen-bond acceptors (Lipinski definition) is 5. The van der Waals surface area contributed by atoms with Crippen molar-refractivity contribution in [3.8, 4) is 17.0 Å². The Kier molecular flexibility index (Phi) is 6.53. The Labute approximate surface area is 168 Å². The summed E-state index contributed by atoms with van der Waals surface area (Å²) in [6.45, 7) is 6.04. The highest BCUT2D eigenvalue weighted by atomic mass is 32.2. The Morgan fingerprint density at radius 2 is 1.85 bits per heavy atom. The predicted molar refractivity (Wildman–Crippen MR) is 114 cm³/mol. The largest absolute Gasteiger partial charge is 0.491 e. The summed E-state index contributed by atoms with van der Waals surface area (Å²) in [4.78, 5) is 17.4. The van der Waals surface area contributed by atoms with E-state index < -0.39 is 0 Å². The molecule has 0 atom stereocenters. The Balaban J connectivity index is 1.82. The van der Waals surface area contributed by atoms with Gasteiger partial charge in [-0.2, -0.15) is 0 Å². The van der Waals surface area contributed by atoms with Crippen molar-refractivity contribution in [1.82, 2.24) is 4.98 Å². The first-order valence-corrected chi connectivity index (χ1v) is 10.6. The van der Waals surface area contributed by atoms with E-state index in [1.807, 2.05) is 56.3 Å². The van der Waals surface area contributed by atoms with Crippen molar-refractivity contribution in [3.05, 3.63) is 60.2 Å². The molecule has 4 nitrogen and oxygen atoms in total. The molecular formula is C21H22N2O2S2. The van der Waals surface area contributed by atoms with E-state index in [9.17, 15) is 4.79 Å². The Morgan fingerprint density at radius 3 is 2.48 bits per heavy atom. The fourth-order valence-electron chi connectivity index (χ4n) is 2.49. The molecule has 0 unspecified atom stereocenters.